The van der Waals surface area contributed by atoms with Crippen LogP contribution in [0, 0.1) is 11.7 Å². The van der Waals surface area contributed by atoms with Crippen LogP contribution >= 0.6 is 22.7 Å². The molecule has 0 radical (unpaired) electrons. The zero-order valence-electron chi connectivity index (χ0n) is 20.6. The van der Waals surface area contributed by atoms with Gasteiger partial charge in [0.2, 0.25) is 0 Å². The summed E-state index contributed by atoms with van der Waals surface area (Å²) < 4.78 is 13.3. The molecule has 2 atom stereocenters. The summed E-state index contributed by atoms with van der Waals surface area (Å²) in [7, 11) is 0. The Morgan fingerprint density at radius 1 is 1.00 bits per heavy atom. The standard InChI is InChI=1S/C30H30FN3OS2/c31-26-6-4-21(5-7-26)22-8-12-33(13-9-22)16-25-17-34(18-27(25)23-10-14-36-19-23)30(35)24-15-29(37-20-24)28-3-1-2-11-32-28/h1-7,10-11,14-15,19-20,22,25,27H,8-9,12-13,16-18H2. The lowest BCUT2D eigenvalue weighted by atomic mass is 9.87. The van der Waals surface area contributed by atoms with Crippen LogP contribution in [0.15, 0.2) is 76.9 Å². The monoisotopic (exact) mass is 531 g/mol. The molecule has 2 fully saturated rings. The summed E-state index contributed by atoms with van der Waals surface area (Å²) in [5, 5.41) is 6.36. The molecule has 2 aliphatic rings. The highest BCUT2D eigenvalue weighted by atomic mass is 32.1. The number of aromatic nitrogens is 1. The summed E-state index contributed by atoms with van der Waals surface area (Å²) in [5.74, 6) is 1.22. The molecular formula is C30H30FN3OS2. The Morgan fingerprint density at radius 3 is 2.57 bits per heavy atom. The fraction of sp³-hybridized carbons (Fsp3) is 0.333. The van der Waals surface area contributed by atoms with E-state index >= 15 is 0 Å². The van der Waals surface area contributed by atoms with Crippen molar-refractivity contribution in [1.29, 1.82) is 0 Å². The smallest absolute Gasteiger partial charge is 0.254 e. The molecule has 190 valence electrons. The molecule has 0 bridgehead atoms. The van der Waals surface area contributed by atoms with Crippen molar-refractivity contribution in [3.8, 4) is 10.6 Å². The van der Waals surface area contributed by atoms with Crippen LogP contribution in [0.25, 0.3) is 10.6 Å². The lowest BCUT2D eigenvalue weighted by molar-refractivity contribution is 0.0782. The fourth-order valence-corrected chi connectivity index (χ4v) is 7.46. The molecule has 37 heavy (non-hydrogen) atoms. The second-order valence-corrected chi connectivity index (χ2v) is 11.9. The number of amides is 1. The maximum atomic E-state index is 13.5. The van der Waals surface area contributed by atoms with Gasteiger partial charge in [-0.3, -0.25) is 9.78 Å². The van der Waals surface area contributed by atoms with Gasteiger partial charge in [-0.25, -0.2) is 4.39 Å². The number of nitrogens with zero attached hydrogens (tertiary/aromatic N) is 3. The molecular weight excluding hydrogens is 501 g/mol. The van der Waals surface area contributed by atoms with Gasteiger partial charge >= 0.3 is 0 Å². The van der Waals surface area contributed by atoms with Crippen molar-refractivity contribution >= 4 is 28.6 Å². The number of carbonyl (C=O) groups is 1. The molecule has 4 nitrogen and oxygen atoms in total. The minimum atomic E-state index is -0.170. The van der Waals surface area contributed by atoms with Crippen molar-refractivity contribution in [3.05, 3.63) is 99.4 Å². The van der Waals surface area contributed by atoms with Crippen LogP contribution in [0.3, 0.4) is 0 Å². The van der Waals surface area contributed by atoms with E-state index in [1.165, 1.54) is 11.1 Å². The van der Waals surface area contributed by atoms with Crippen LogP contribution in [0.1, 0.15) is 46.2 Å². The van der Waals surface area contributed by atoms with Crippen LogP contribution in [0.2, 0.25) is 0 Å². The molecule has 0 aliphatic carbocycles. The summed E-state index contributed by atoms with van der Waals surface area (Å²) in [5.41, 5.74) is 4.27. The van der Waals surface area contributed by atoms with E-state index < -0.39 is 0 Å². The minimum Gasteiger partial charge on any atom is -0.338 e. The van der Waals surface area contributed by atoms with Gasteiger partial charge in [0.05, 0.1) is 16.1 Å². The first kappa shape index (κ1) is 24.5. The number of piperidine rings is 1. The van der Waals surface area contributed by atoms with Crippen molar-refractivity contribution in [2.75, 3.05) is 32.7 Å². The maximum Gasteiger partial charge on any atom is 0.254 e. The Labute approximate surface area is 225 Å². The number of hydrogen-bond donors (Lipinski definition) is 0. The van der Waals surface area contributed by atoms with Crippen LogP contribution in [0.5, 0.6) is 0 Å². The van der Waals surface area contributed by atoms with E-state index in [9.17, 15) is 9.18 Å². The van der Waals surface area contributed by atoms with Crippen LogP contribution in [-0.2, 0) is 0 Å². The molecule has 0 saturated carbocycles. The highest BCUT2D eigenvalue weighted by Crippen LogP contribution is 2.37. The predicted molar refractivity (Wildman–Crippen MR) is 149 cm³/mol. The molecule has 0 N–H and O–H groups in total. The molecule has 4 aromatic rings. The molecule has 0 spiro atoms. The summed E-state index contributed by atoms with van der Waals surface area (Å²) in [6.07, 6.45) is 3.97. The lowest BCUT2D eigenvalue weighted by Crippen LogP contribution is -2.38. The Bertz CT molecular complexity index is 1310. The van der Waals surface area contributed by atoms with Gasteiger partial charge < -0.3 is 9.80 Å². The summed E-state index contributed by atoms with van der Waals surface area (Å²) >= 11 is 3.31. The third kappa shape index (κ3) is 5.40. The Balaban J connectivity index is 1.12. The number of thiophene rings is 2. The number of carbonyl (C=O) groups excluding carboxylic acids is 1. The highest BCUT2D eigenvalue weighted by Gasteiger charge is 2.38. The maximum absolute atomic E-state index is 13.5. The first-order valence-corrected chi connectivity index (χ1v) is 14.8. The first-order valence-electron chi connectivity index (χ1n) is 12.9. The van der Waals surface area contributed by atoms with Crippen molar-refractivity contribution in [2.45, 2.75) is 24.7 Å². The van der Waals surface area contributed by atoms with Gasteiger partial charge in [-0.15, -0.1) is 11.3 Å². The predicted octanol–water partition coefficient (Wildman–Crippen LogP) is 6.75. The van der Waals surface area contributed by atoms with Gasteiger partial charge in [0, 0.05) is 37.1 Å². The van der Waals surface area contributed by atoms with E-state index in [2.05, 4.69) is 31.6 Å². The molecule has 2 saturated heterocycles. The van der Waals surface area contributed by atoms with Crippen molar-refractivity contribution < 1.29 is 9.18 Å². The van der Waals surface area contributed by atoms with Gasteiger partial charge in [0.25, 0.3) is 5.91 Å². The lowest BCUT2D eigenvalue weighted by Gasteiger charge is -2.34. The van der Waals surface area contributed by atoms with Gasteiger partial charge in [0.15, 0.2) is 0 Å². The van der Waals surface area contributed by atoms with E-state index in [1.807, 2.05) is 41.8 Å². The van der Waals surface area contributed by atoms with E-state index in [-0.39, 0.29) is 11.7 Å². The second kappa shape index (κ2) is 10.9. The molecule has 7 heteroatoms. The molecule has 1 amide bonds. The second-order valence-electron chi connectivity index (χ2n) is 10.2. The molecule has 1 aromatic carbocycles. The summed E-state index contributed by atoms with van der Waals surface area (Å²) in [6, 6.07) is 17.1. The average Bonchev–Trinajstić information content (AvgIpc) is 3.71. The summed E-state index contributed by atoms with van der Waals surface area (Å²) in [4.78, 5) is 23.6. The van der Waals surface area contributed by atoms with E-state index in [0.29, 0.717) is 17.8 Å². The van der Waals surface area contributed by atoms with Crippen molar-refractivity contribution in [3.63, 3.8) is 0 Å². The van der Waals surface area contributed by atoms with Crippen LogP contribution in [-0.4, -0.2) is 53.4 Å². The van der Waals surface area contributed by atoms with Gasteiger partial charge in [0.1, 0.15) is 5.82 Å². The normalized spacial score (nSPS) is 20.9. The van der Waals surface area contributed by atoms with Gasteiger partial charge in [-0.2, -0.15) is 11.3 Å². The van der Waals surface area contributed by atoms with Gasteiger partial charge in [-0.05, 0) is 96.1 Å². The van der Waals surface area contributed by atoms with Crippen molar-refractivity contribution in [2.24, 2.45) is 5.92 Å². The van der Waals surface area contributed by atoms with E-state index in [4.69, 9.17) is 0 Å². The minimum absolute atomic E-state index is 0.121. The molecule has 2 aliphatic heterocycles. The number of likely N-dealkylation sites (tertiary alicyclic amines) is 2. The SMILES string of the molecule is O=C(c1csc(-c2ccccn2)c1)N1CC(CN2CCC(c3ccc(F)cc3)CC2)C(c2ccsc2)C1. The number of benzene rings is 1. The summed E-state index contributed by atoms with van der Waals surface area (Å²) in [6.45, 7) is 4.64. The highest BCUT2D eigenvalue weighted by molar-refractivity contribution is 7.13. The van der Waals surface area contributed by atoms with Crippen LogP contribution in [0.4, 0.5) is 4.39 Å². The molecule has 5 heterocycles. The Morgan fingerprint density at radius 2 is 1.84 bits per heavy atom. The fourth-order valence-electron chi connectivity index (χ4n) is 5.87. The quantitative estimate of drug-likeness (QED) is 0.276. The molecule has 6 rings (SSSR count). The number of halogens is 1. The molecule has 3 aromatic heterocycles. The third-order valence-corrected chi connectivity index (χ3v) is 9.54. The van der Waals surface area contributed by atoms with Gasteiger partial charge in [-0.1, -0.05) is 18.2 Å². The molecule has 2 unspecified atom stereocenters. The van der Waals surface area contributed by atoms with Crippen molar-refractivity contribution in [1.82, 2.24) is 14.8 Å². The van der Waals surface area contributed by atoms with E-state index in [1.54, 1.807) is 41.0 Å². The average molecular weight is 532 g/mol. The first-order chi connectivity index (χ1) is 18.1. The largest absolute Gasteiger partial charge is 0.338 e. The number of pyridine rings is 1. The van der Waals surface area contributed by atoms with E-state index in [0.717, 1.165) is 61.7 Å². The third-order valence-electron chi connectivity index (χ3n) is 7.89. The topological polar surface area (TPSA) is 36.4 Å². The van der Waals surface area contributed by atoms with Crippen LogP contribution < -0.4 is 0 Å². The number of hydrogen-bond acceptors (Lipinski definition) is 5. The Hall–Kier alpha value is -2.87. The zero-order chi connectivity index (χ0) is 25.2. The number of rotatable bonds is 6. The Kier molecular flexibility index (Phi) is 7.18. The zero-order valence-corrected chi connectivity index (χ0v) is 22.3.